The first-order chi connectivity index (χ1) is 8.70. The van der Waals surface area contributed by atoms with Crippen LogP contribution in [-0.2, 0) is 0 Å². The van der Waals surface area contributed by atoms with Gasteiger partial charge in [-0.15, -0.1) is 11.8 Å². The molecular weight excluding hydrogens is 246 g/mol. The van der Waals surface area contributed by atoms with E-state index in [2.05, 4.69) is 4.98 Å². The van der Waals surface area contributed by atoms with E-state index in [1.54, 1.807) is 30.9 Å². The maximum Gasteiger partial charge on any atom is 0.225 e. The molecule has 1 N–H and O–H groups in total. The number of aliphatic hydroxyl groups is 1. The van der Waals surface area contributed by atoms with Crippen molar-refractivity contribution < 1.29 is 9.84 Å². The van der Waals surface area contributed by atoms with Crippen LogP contribution in [0.5, 0.6) is 11.6 Å². The van der Waals surface area contributed by atoms with Crippen molar-refractivity contribution in [3.8, 4) is 11.6 Å². The zero-order valence-electron chi connectivity index (χ0n) is 10.3. The topological polar surface area (TPSA) is 42.4 Å². The van der Waals surface area contributed by atoms with Gasteiger partial charge in [0.2, 0.25) is 5.88 Å². The van der Waals surface area contributed by atoms with E-state index >= 15 is 0 Å². The van der Waals surface area contributed by atoms with Crippen molar-refractivity contribution in [1.82, 2.24) is 4.98 Å². The molecule has 1 heterocycles. The zero-order valence-corrected chi connectivity index (χ0v) is 11.1. The van der Waals surface area contributed by atoms with Gasteiger partial charge in [0.1, 0.15) is 5.75 Å². The molecule has 0 aliphatic rings. The minimum Gasteiger partial charge on any atom is -0.439 e. The Hall–Kier alpha value is -1.52. The second kappa shape index (κ2) is 5.89. The Labute approximate surface area is 111 Å². The van der Waals surface area contributed by atoms with Gasteiger partial charge in [-0.05, 0) is 49.6 Å². The van der Waals surface area contributed by atoms with Crippen LogP contribution in [0.2, 0.25) is 0 Å². The van der Waals surface area contributed by atoms with Gasteiger partial charge in [0.05, 0.1) is 6.10 Å². The van der Waals surface area contributed by atoms with Crippen LogP contribution in [0.3, 0.4) is 0 Å². The van der Waals surface area contributed by atoms with Crippen LogP contribution < -0.4 is 4.74 Å². The van der Waals surface area contributed by atoms with Crippen LogP contribution >= 0.6 is 11.8 Å². The first kappa shape index (κ1) is 12.9. The van der Waals surface area contributed by atoms with Gasteiger partial charge >= 0.3 is 0 Å². The molecule has 0 aliphatic carbocycles. The standard InChI is InChI=1S/C14H15NO2S/c1-10(16)13-4-3-9-15-14(13)17-11-5-7-12(18-2)8-6-11/h3-10,16H,1-2H3. The fourth-order valence-corrected chi connectivity index (χ4v) is 1.97. The zero-order chi connectivity index (χ0) is 13.0. The van der Waals surface area contributed by atoms with Crippen molar-refractivity contribution in [2.24, 2.45) is 0 Å². The number of hydrogen-bond donors (Lipinski definition) is 1. The maximum atomic E-state index is 9.64. The average Bonchev–Trinajstić information content (AvgIpc) is 2.40. The maximum absolute atomic E-state index is 9.64. The molecule has 0 aliphatic heterocycles. The van der Waals surface area contributed by atoms with E-state index in [1.807, 2.05) is 36.6 Å². The smallest absolute Gasteiger partial charge is 0.225 e. The van der Waals surface area contributed by atoms with E-state index in [0.29, 0.717) is 17.2 Å². The van der Waals surface area contributed by atoms with Gasteiger partial charge in [-0.25, -0.2) is 4.98 Å². The number of aromatic nitrogens is 1. The van der Waals surface area contributed by atoms with Gasteiger partial charge in [-0.1, -0.05) is 0 Å². The molecule has 2 aromatic rings. The summed E-state index contributed by atoms with van der Waals surface area (Å²) in [6.45, 7) is 1.70. The Bertz CT molecular complexity index is 511. The van der Waals surface area contributed by atoms with Crippen molar-refractivity contribution in [2.45, 2.75) is 17.9 Å². The molecule has 0 radical (unpaired) electrons. The minimum atomic E-state index is -0.598. The molecule has 3 nitrogen and oxygen atoms in total. The summed E-state index contributed by atoms with van der Waals surface area (Å²) < 4.78 is 5.69. The Balaban J connectivity index is 2.22. The first-order valence-corrected chi connectivity index (χ1v) is 6.88. The molecule has 0 amide bonds. The monoisotopic (exact) mass is 261 g/mol. The number of rotatable bonds is 4. The highest BCUT2D eigenvalue weighted by molar-refractivity contribution is 7.98. The second-order valence-corrected chi connectivity index (χ2v) is 4.73. The highest BCUT2D eigenvalue weighted by Gasteiger charge is 2.10. The molecule has 1 aromatic heterocycles. The number of nitrogens with zero attached hydrogens (tertiary/aromatic N) is 1. The number of thioether (sulfide) groups is 1. The van der Waals surface area contributed by atoms with Gasteiger partial charge in [0.25, 0.3) is 0 Å². The van der Waals surface area contributed by atoms with Gasteiger partial charge in [-0.3, -0.25) is 0 Å². The van der Waals surface area contributed by atoms with Crippen molar-refractivity contribution >= 4 is 11.8 Å². The summed E-state index contributed by atoms with van der Waals surface area (Å²) in [5.41, 5.74) is 0.687. The van der Waals surface area contributed by atoms with Crippen molar-refractivity contribution in [3.05, 3.63) is 48.2 Å². The Morgan fingerprint density at radius 2 is 1.94 bits per heavy atom. The molecule has 4 heteroatoms. The molecule has 0 saturated carbocycles. The molecule has 1 aromatic carbocycles. The summed E-state index contributed by atoms with van der Waals surface area (Å²) in [5.74, 6) is 1.16. The summed E-state index contributed by atoms with van der Waals surface area (Å²) in [6.07, 6.45) is 3.08. The molecule has 0 fully saturated rings. The Morgan fingerprint density at radius 1 is 1.22 bits per heavy atom. The van der Waals surface area contributed by atoms with Crippen molar-refractivity contribution in [1.29, 1.82) is 0 Å². The summed E-state index contributed by atoms with van der Waals surface area (Å²) in [6, 6.07) is 11.4. The van der Waals surface area contributed by atoms with Crippen LogP contribution in [0.4, 0.5) is 0 Å². The van der Waals surface area contributed by atoms with Gasteiger partial charge in [0.15, 0.2) is 0 Å². The fourth-order valence-electron chi connectivity index (χ4n) is 1.56. The van der Waals surface area contributed by atoms with Gasteiger partial charge < -0.3 is 9.84 Å². The highest BCUT2D eigenvalue weighted by Crippen LogP contribution is 2.28. The largest absolute Gasteiger partial charge is 0.439 e. The van der Waals surface area contributed by atoms with Crippen LogP contribution in [0.15, 0.2) is 47.5 Å². The van der Waals surface area contributed by atoms with Gasteiger partial charge in [-0.2, -0.15) is 0 Å². The molecule has 0 bridgehead atoms. The van der Waals surface area contributed by atoms with E-state index in [-0.39, 0.29) is 0 Å². The van der Waals surface area contributed by atoms with Crippen LogP contribution in [-0.4, -0.2) is 16.3 Å². The van der Waals surface area contributed by atoms with Gasteiger partial charge in [0, 0.05) is 16.7 Å². The number of ether oxygens (including phenoxy) is 1. The van der Waals surface area contributed by atoms with Crippen LogP contribution in [0.25, 0.3) is 0 Å². The third-order valence-electron chi connectivity index (χ3n) is 2.52. The number of aliphatic hydroxyl groups excluding tert-OH is 1. The quantitative estimate of drug-likeness (QED) is 0.853. The van der Waals surface area contributed by atoms with E-state index in [4.69, 9.17) is 4.74 Å². The van der Waals surface area contributed by atoms with Crippen molar-refractivity contribution in [3.63, 3.8) is 0 Å². The minimum absolute atomic E-state index is 0.449. The number of pyridine rings is 1. The van der Waals surface area contributed by atoms with Crippen molar-refractivity contribution in [2.75, 3.05) is 6.26 Å². The summed E-state index contributed by atoms with van der Waals surface area (Å²) in [7, 11) is 0. The summed E-state index contributed by atoms with van der Waals surface area (Å²) >= 11 is 1.68. The molecular formula is C14H15NO2S. The fraction of sp³-hybridized carbons (Fsp3) is 0.214. The van der Waals surface area contributed by atoms with E-state index in [1.165, 1.54) is 4.90 Å². The highest BCUT2D eigenvalue weighted by atomic mass is 32.2. The van der Waals surface area contributed by atoms with E-state index in [9.17, 15) is 5.11 Å². The molecule has 1 unspecified atom stereocenters. The number of hydrogen-bond acceptors (Lipinski definition) is 4. The van der Waals surface area contributed by atoms with Crippen LogP contribution in [0.1, 0.15) is 18.6 Å². The lowest BCUT2D eigenvalue weighted by Crippen LogP contribution is -1.97. The summed E-state index contributed by atoms with van der Waals surface area (Å²) in [5, 5.41) is 9.64. The SMILES string of the molecule is CSc1ccc(Oc2ncccc2C(C)O)cc1. The number of benzene rings is 1. The molecule has 2 rings (SSSR count). The third-order valence-corrected chi connectivity index (χ3v) is 3.27. The summed E-state index contributed by atoms with van der Waals surface area (Å²) in [4.78, 5) is 5.33. The second-order valence-electron chi connectivity index (χ2n) is 3.85. The van der Waals surface area contributed by atoms with Crippen LogP contribution in [0, 0.1) is 0 Å². The third kappa shape index (κ3) is 3.03. The normalized spacial score (nSPS) is 12.2. The molecule has 18 heavy (non-hydrogen) atoms. The van der Waals surface area contributed by atoms with E-state index in [0.717, 1.165) is 0 Å². The lowest BCUT2D eigenvalue weighted by molar-refractivity contribution is 0.194. The average molecular weight is 261 g/mol. The molecule has 0 saturated heterocycles. The lowest BCUT2D eigenvalue weighted by Gasteiger charge is -2.11. The predicted molar refractivity (Wildman–Crippen MR) is 73.2 cm³/mol. The van der Waals surface area contributed by atoms with E-state index < -0.39 is 6.10 Å². The molecule has 94 valence electrons. The molecule has 0 spiro atoms. The Morgan fingerprint density at radius 3 is 2.56 bits per heavy atom. The lowest BCUT2D eigenvalue weighted by atomic mass is 10.2. The first-order valence-electron chi connectivity index (χ1n) is 5.65. The molecule has 1 atom stereocenters. The predicted octanol–water partition coefficient (Wildman–Crippen LogP) is 3.65. The Kier molecular flexibility index (Phi) is 4.23.